The highest BCUT2D eigenvalue weighted by atomic mass is 15.3. The number of rotatable bonds is 5. The van der Waals surface area contributed by atoms with Gasteiger partial charge < -0.3 is 5.32 Å². The second-order valence-electron chi connectivity index (χ2n) is 6.01. The molecule has 0 spiro atoms. The van der Waals surface area contributed by atoms with Crippen LogP contribution in [0.3, 0.4) is 0 Å². The minimum atomic E-state index is 0.698. The molecule has 0 bridgehead atoms. The smallest absolute Gasteiger partial charge is 0.0641 e. The Labute approximate surface area is 104 Å². The maximum atomic E-state index is 4.47. The number of nitrogens with one attached hydrogen (secondary N) is 1. The third-order valence-corrected chi connectivity index (χ3v) is 4.77. The van der Waals surface area contributed by atoms with Crippen molar-refractivity contribution in [2.24, 2.45) is 18.4 Å². The second kappa shape index (κ2) is 3.84. The van der Waals surface area contributed by atoms with Gasteiger partial charge in [-0.2, -0.15) is 5.10 Å². The number of aromatic nitrogens is 2. The number of hydrogen-bond donors (Lipinski definition) is 1. The molecule has 1 aromatic heterocycles. The number of nitrogens with zero attached hydrogens (tertiary/aromatic N) is 2. The lowest BCUT2D eigenvalue weighted by molar-refractivity contribution is 0.403. The Morgan fingerprint density at radius 1 is 1.35 bits per heavy atom. The summed E-state index contributed by atoms with van der Waals surface area (Å²) in [5.41, 5.74) is 4.56. The van der Waals surface area contributed by atoms with Crippen LogP contribution in [0, 0.1) is 25.2 Å². The lowest BCUT2D eigenvalue weighted by Gasteiger charge is -2.15. The van der Waals surface area contributed by atoms with Gasteiger partial charge in [0.1, 0.15) is 0 Å². The molecule has 2 aliphatic carbocycles. The van der Waals surface area contributed by atoms with Gasteiger partial charge in [0.05, 0.1) is 5.69 Å². The van der Waals surface area contributed by atoms with Crippen LogP contribution >= 0.6 is 0 Å². The molecule has 3 rings (SSSR count). The molecule has 0 atom stereocenters. The van der Waals surface area contributed by atoms with Crippen molar-refractivity contribution in [2.45, 2.75) is 46.1 Å². The zero-order chi connectivity index (χ0) is 12.0. The van der Waals surface area contributed by atoms with Crippen LogP contribution in [0.5, 0.6) is 0 Å². The highest BCUT2D eigenvalue weighted by Crippen LogP contribution is 2.60. The first kappa shape index (κ1) is 11.3. The van der Waals surface area contributed by atoms with E-state index >= 15 is 0 Å². The van der Waals surface area contributed by atoms with Crippen molar-refractivity contribution in [3.8, 4) is 0 Å². The number of hydrogen-bond acceptors (Lipinski definition) is 2. The van der Waals surface area contributed by atoms with Gasteiger partial charge >= 0.3 is 0 Å². The zero-order valence-corrected chi connectivity index (χ0v) is 11.2. The lowest BCUT2D eigenvalue weighted by Crippen LogP contribution is -2.25. The molecule has 2 saturated carbocycles. The maximum Gasteiger partial charge on any atom is 0.0641 e. The molecule has 17 heavy (non-hydrogen) atoms. The fourth-order valence-electron chi connectivity index (χ4n) is 3.10. The lowest BCUT2D eigenvalue weighted by atomic mass is 10.0. The Morgan fingerprint density at radius 3 is 2.53 bits per heavy atom. The summed E-state index contributed by atoms with van der Waals surface area (Å²) in [5, 5.41) is 8.13. The van der Waals surface area contributed by atoms with Crippen LogP contribution in [0.2, 0.25) is 0 Å². The van der Waals surface area contributed by atoms with Crippen LogP contribution in [-0.4, -0.2) is 16.3 Å². The van der Waals surface area contributed by atoms with E-state index in [9.17, 15) is 0 Å². The summed E-state index contributed by atoms with van der Waals surface area (Å²) >= 11 is 0. The molecule has 0 unspecified atom stereocenters. The predicted molar refractivity (Wildman–Crippen MR) is 68.8 cm³/mol. The first-order valence-corrected chi connectivity index (χ1v) is 6.82. The van der Waals surface area contributed by atoms with E-state index in [2.05, 4.69) is 24.3 Å². The molecule has 1 N–H and O–H groups in total. The average molecular weight is 233 g/mol. The SMILES string of the molecule is Cc1nn(C)c(C)c1CNCC1(C2CC2)CC1. The van der Waals surface area contributed by atoms with Crippen molar-refractivity contribution >= 4 is 0 Å². The average Bonchev–Trinajstić information content (AvgIpc) is 3.14. The molecule has 94 valence electrons. The van der Waals surface area contributed by atoms with Gasteiger partial charge in [-0.25, -0.2) is 0 Å². The van der Waals surface area contributed by atoms with Crippen molar-refractivity contribution in [2.75, 3.05) is 6.54 Å². The van der Waals surface area contributed by atoms with Gasteiger partial charge in [0.15, 0.2) is 0 Å². The molecule has 0 radical (unpaired) electrons. The van der Waals surface area contributed by atoms with Crippen LogP contribution in [0.4, 0.5) is 0 Å². The standard InChI is InChI=1S/C14H23N3/c1-10-13(11(2)17(3)16-10)8-15-9-14(6-7-14)12-4-5-12/h12,15H,4-9H2,1-3H3. The molecule has 3 heteroatoms. The van der Waals surface area contributed by atoms with Crippen molar-refractivity contribution in [3.63, 3.8) is 0 Å². The zero-order valence-electron chi connectivity index (χ0n) is 11.2. The van der Waals surface area contributed by atoms with E-state index in [4.69, 9.17) is 0 Å². The summed E-state index contributed by atoms with van der Waals surface area (Å²) in [7, 11) is 2.03. The Morgan fingerprint density at radius 2 is 2.06 bits per heavy atom. The summed E-state index contributed by atoms with van der Waals surface area (Å²) < 4.78 is 1.99. The van der Waals surface area contributed by atoms with Crippen LogP contribution in [0.1, 0.15) is 42.6 Å². The van der Waals surface area contributed by atoms with Gasteiger partial charge in [0.2, 0.25) is 0 Å². The fourth-order valence-corrected chi connectivity index (χ4v) is 3.10. The molecule has 1 heterocycles. The van der Waals surface area contributed by atoms with E-state index in [1.54, 1.807) is 0 Å². The highest BCUT2D eigenvalue weighted by molar-refractivity contribution is 5.24. The van der Waals surface area contributed by atoms with Crippen molar-refractivity contribution < 1.29 is 0 Å². The second-order valence-corrected chi connectivity index (χ2v) is 6.01. The molecule has 0 amide bonds. The summed E-state index contributed by atoms with van der Waals surface area (Å²) in [6.45, 7) is 6.47. The largest absolute Gasteiger partial charge is 0.312 e. The Bertz CT molecular complexity index is 425. The molecule has 0 aliphatic heterocycles. The maximum absolute atomic E-state index is 4.47. The van der Waals surface area contributed by atoms with E-state index < -0.39 is 0 Å². The molecule has 1 aromatic rings. The predicted octanol–water partition coefficient (Wildman–Crippen LogP) is 2.32. The number of aryl methyl sites for hydroxylation is 2. The molecular formula is C14H23N3. The fraction of sp³-hybridized carbons (Fsp3) is 0.786. The summed E-state index contributed by atoms with van der Waals surface area (Å²) in [5.74, 6) is 1.05. The molecule has 3 nitrogen and oxygen atoms in total. The van der Waals surface area contributed by atoms with Gasteiger partial charge in [0.25, 0.3) is 0 Å². The normalized spacial score (nSPS) is 21.8. The van der Waals surface area contributed by atoms with Crippen LogP contribution in [0.15, 0.2) is 0 Å². The van der Waals surface area contributed by atoms with Gasteiger partial charge in [-0.3, -0.25) is 4.68 Å². The molecule has 0 aromatic carbocycles. The van der Waals surface area contributed by atoms with Gasteiger partial charge in [-0.1, -0.05) is 0 Å². The van der Waals surface area contributed by atoms with Gasteiger partial charge in [-0.05, 0) is 50.9 Å². The third kappa shape index (κ3) is 2.01. The Hall–Kier alpha value is -0.830. The van der Waals surface area contributed by atoms with E-state index in [1.807, 2.05) is 11.7 Å². The quantitative estimate of drug-likeness (QED) is 0.846. The molecule has 2 fully saturated rings. The van der Waals surface area contributed by atoms with Crippen LogP contribution in [-0.2, 0) is 13.6 Å². The minimum Gasteiger partial charge on any atom is -0.312 e. The van der Waals surface area contributed by atoms with E-state index in [-0.39, 0.29) is 0 Å². The third-order valence-electron chi connectivity index (χ3n) is 4.77. The topological polar surface area (TPSA) is 29.9 Å². The molecular weight excluding hydrogens is 210 g/mol. The summed E-state index contributed by atoms with van der Waals surface area (Å²) in [6.07, 6.45) is 5.87. The molecule has 2 aliphatic rings. The first-order valence-electron chi connectivity index (χ1n) is 6.82. The molecule has 0 saturated heterocycles. The van der Waals surface area contributed by atoms with E-state index in [0.717, 1.165) is 12.5 Å². The van der Waals surface area contributed by atoms with Gasteiger partial charge in [0, 0.05) is 31.4 Å². The highest BCUT2D eigenvalue weighted by Gasteiger charge is 2.53. The van der Waals surface area contributed by atoms with E-state index in [0.29, 0.717) is 5.41 Å². The summed E-state index contributed by atoms with van der Waals surface area (Å²) in [6, 6.07) is 0. The van der Waals surface area contributed by atoms with Gasteiger partial charge in [-0.15, -0.1) is 0 Å². The first-order chi connectivity index (χ1) is 8.12. The van der Waals surface area contributed by atoms with Crippen molar-refractivity contribution in [1.29, 1.82) is 0 Å². The van der Waals surface area contributed by atoms with Crippen LogP contribution in [0.25, 0.3) is 0 Å². The van der Waals surface area contributed by atoms with Crippen molar-refractivity contribution in [1.82, 2.24) is 15.1 Å². The van der Waals surface area contributed by atoms with Crippen LogP contribution < -0.4 is 5.32 Å². The van der Waals surface area contributed by atoms with Crippen molar-refractivity contribution in [3.05, 3.63) is 17.0 Å². The summed E-state index contributed by atoms with van der Waals surface area (Å²) in [4.78, 5) is 0. The van der Waals surface area contributed by atoms with E-state index in [1.165, 1.54) is 49.2 Å². The monoisotopic (exact) mass is 233 g/mol. The Balaban J connectivity index is 1.57. The Kier molecular flexibility index (Phi) is 2.54. The minimum absolute atomic E-state index is 0.698.